The Balaban J connectivity index is 0. The minimum atomic E-state index is 0.0870. The summed E-state index contributed by atoms with van der Waals surface area (Å²) < 4.78 is 9.53. The molecule has 0 aliphatic heterocycles. The highest BCUT2D eigenvalue weighted by atomic mass is 35.5. The molecule has 0 amide bonds. The molecule has 0 radical (unpaired) electrons. The van der Waals surface area contributed by atoms with Crippen LogP contribution in [0.4, 0.5) is 0 Å². The molecule has 0 aliphatic carbocycles. The molecule has 0 aromatic rings. The van der Waals surface area contributed by atoms with E-state index in [0.717, 1.165) is 0 Å². The number of aliphatic hydroxyl groups excluding tert-OH is 1. The van der Waals surface area contributed by atoms with Gasteiger partial charge in [-0.25, -0.2) is 0 Å². The molecule has 0 aromatic carbocycles. The largest absolute Gasteiger partial charge is 0.394 e. The average Bonchev–Trinajstić information content (AvgIpc) is 2.00. The Bertz CT molecular complexity index is 49.1. The van der Waals surface area contributed by atoms with Crippen LogP contribution in [-0.2, 0) is 9.47 Å². The van der Waals surface area contributed by atoms with Gasteiger partial charge in [-0.15, -0.1) is 23.2 Å². The van der Waals surface area contributed by atoms with Crippen molar-refractivity contribution in [1.82, 2.24) is 0 Å². The number of halogens is 2. The summed E-state index contributed by atoms with van der Waals surface area (Å²) in [5.74, 6) is 0. The predicted octanol–water partition coefficient (Wildman–Crippen LogP) is 1.06. The van der Waals surface area contributed by atoms with Crippen molar-refractivity contribution >= 4 is 23.2 Å². The standard InChI is InChI=1S/C5H12O3.CH2Cl2/c1-7-4-5-8-3-2-6;2-1-3/h6H,2-5H2,1H3;1H2. The molecule has 0 atom stereocenters. The van der Waals surface area contributed by atoms with Crippen LogP contribution < -0.4 is 0 Å². The third-order valence-corrected chi connectivity index (χ3v) is 0.667. The Morgan fingerprint density at radius 3 is 2.09 bits per heavy atom. The highest BCUT2D eigenvalue weighted by molar-refractivity contribution is 6.40. The summed E-state index contributed by atoms with van der Waals surface area (Å²) in [7, 11) is 1.61. The van der Waals surface area contributed by atoms with Gasteiger partial charge in [-0.3, -0.25) is 0 Å². The van der Waals surface area contributed by atoms with Gasteiger partial charge in [-0.2, -0.15) is 0 Å². The van der Waals surface area contributed by atoms with Crippen LogP contribution in [0.25, 0.3) is 0 Å². The summed E-state index contributed by atoms with van der Waals surface area (Å²) in [6, 6.07) is 0. The Labute approximate surface area is 77.2 Å². The van der Waals surface area contributed by atoms with Crippen molar-refractivity contribution in [2.45, 2.75) is 0 Å². The second-order valence-corrected chi connectivity index (χ2v) is 2.24. The molecule has 1 N–H and O–H groups in total. The highest BCUT2D eigenvalue weighted by Crippen LogP contribution is 1.73. The fourth-order valence-electron chi connectivity index (χ4n) is 0.309. The second-order valence-electron chi connectivity index (χ2n) is 1.43. The zero-order valence-electron chi connectivity index (χ0n) is 6.56. The van der Waals surface area contributed by atoms with Crippen molar-refractivity contribution in [3.63, 3.8) is 0 Å². The monoisotopic (exact) mass is 204 g/mol. The van der Waals surface area contributed by atoms with Gasteiger partial charge >= 0.3 is 0 Å². The Morgan fingerprint density at radius 2 is 1.73 bits per heavy atom. The van der Waals surface area contributed by atoms with Gasteiger partial charge in [0.05, 0.1) is 31.8 Å². The fourth-order valence-corrected chi connectivity index (χ4v) is 0.309. The normalized spacial score (nSPS) is 8.73. The van der Waals surface area contributed by atoms with Crippen LogP contribution in [0.2, 0.25) is 0 Å². The van der Waals surface area contributed by atoms with Gasteiger partial charge in [0.15, 0.2) is 0 Å². The molecule has 0 rings (SSSR count). The number of aliphatic hydroxyl groups is 1. The highest BCUT2D eigenvalue weighted by Gasteiger charge is 1.82. The van der Waals surface area contributed by atoms with Crippen LogP contribution in [0.5, 0.6) is 0 Å². The van der Waals surface area contributed by atoms with E-state index >= 15 is 0 Å². The van der Waals surface area contributed by atoms with Gasteiger partial charge in [0.2, 0.25) is 0 Å². The van der Waals surface area contributed by atoms with Crippen LogP contribution in [0.1, 0.15) is 0 Å². The third kappa shape index (κ3) is 25.1. The van der Waals surface area contributed by atoms with E-state index in [-0.39, 0.29) is 11.9 Å². The molecule has 11 heavy (non-hydrogen) atoms. The Morgan fingerprint density at radius 1 is 1.18 bits per heavy atom. The number of hydrogen-bond acceptors (Lipinski definition) is 3. The van der Waals surface area contributed by atoms with Gasteiger partial charge in [-0.05, 0) is 0 Å². The van der Waals surface area contributed by atoms with Gasteiger partial charge in [0, 0.05) is 7.11 Å². The van der Waals surface area contributed by atoms with Gasteiger partial charge < -0.3 is 14.6 Å². The van der Waals surface area contributed by atoms with Crippen molar-refractivity contribution in [2.75, 3.05) is 38.9 Å². The van der Waals surface area contributed by atoms with Gasteiger partial charge in [0.1, 0.15) is 0 Å². The van der Waals surface area contributed by atoms with Crippen LogP contribution in [0.3, 0.4) is 0 Å². The first-order chi connectivity index (χ1) is 5.33. The van der Waals surface area contributed by atoms with E-state index < -0.39 is 0 Å². The quantitative estimate of drug-likeness (QED) is 0.538. The molecule has 3 nitrogen and oxygen atoms in total. The first-order valence-corrected chi connectivity index (χ1v) is 4.19. The van der Waals surface area contributed by atoms with E-state index in [9.17, 15) is 0 Å². The molecular weight excluding hydrogens is 191 g/mol. The summed E-state index contributed by atoms with van der Waals surface area (Å²) in [4.78, 5) is 0. The molecule has 0 heterocycles. The molecule has 0 fully saturated rings. The zero-order valence-corrected chi connectivity index (χ0v) is 8.07. The van der Waals surface area contributed by atoms with Crippen molar-refractivity contribution < 1.29 is 14.6 Å². The third-order valence-electron chi connectivity index (χ3n) is 0.667. The van der Waals surface area contributed by atoms with E-state index in [1.54, 1.807) is 7.11 Å². The molecule has 0 saturated carbocycles. The maximum absolute atomic E-state index is 8.20. The summed E-state index contributed by atoms with van der Waals surface area (Å²) in [5.41, 5.74) is 0. The van der Waals surface area contributed by atoms with Crippen molar-refractivity contribution in [3.8, 4) is 0 Å². The number of hydrogen-bond donors (Lipinski definition) is 1. The number of ether oxygens (including phenoxy) is 2. The molecule has 0 spiro atoms. The zero-order chi connectivity index (χ0) is 8.95. The van der Waals surface area contributed by atoms with E-state index in [0.29, 0.717) is 19.8 Å². The number of alkyl halides is 2. The summed E-state index contributed by atoms with van der Waals surface area (Å²) >= 11 is 9.53. The molecule has 0 unspecified atom stereocenters. The van der Waals surface area contributed by atoms with E-state index in [1.165, 1.54) is 0 Å². The van der Waals surface area contributed by atoms with E-state index in [4.69, 9.17) is 33.0 Å². The van der Waals surface area contributed by atoms with Crippen LogP contribution in [0.15, 0.2) is 0 Å². The predicted molar refractivity (Wildman–Crippen MR) is 46.4 cm³/mol. The lowest BCUT2D eigenvalue weighted by molar-refractivity contribution is 0.0500. The Kier molecular flexibility index (Phi) is 21.4. The lowest BCUT2D eigenvalue weighted by Crippen LogP contribution is -2.05. The minimum absolute atomic E-state index is 0.0870. The summed E-state index contributed by atoms with van der Waals surface area (Å²) in [6.07, 6.45) is 0. The molecule has 70 valence electrons. The lowest BCUT2D eigenvalue weighted by atomic mass is 10.7. The molecule has 0 aliphatic rings. The molecule has 5 heteroatoms. The maximum atomic E-state index is 8.20. The van der Waals surface area contributed by atoms with Crippen molar-refractivity contribution in [3.05, 3.63) is 0 Å². The molecular formula is C6H14Cl2O3. The fraction of sp³-hybridized carbons (Fsp3) is 1.00. The van der Waals surface area contributed by atoms with Crippen LogP contribution in [-0.4, -0.2) is 44.0 Å². The van der Waals surface area contributed by atoms with Crippen LogP contribution >= 0.6 is 23.2 Å². The molecule has 0 aromatic heterocycles. The van der Waals surface area contributed by atoms with E-state index in [1.807, 2.05) is 0 Å². The molecule has 0 saturated heterocycles. The first-order valence-electron chi connectivity index (χ1n) is 3.13. The topological polar surface area (TPSA) is 38.7 Å². The van der Waals surface area contributed by atoms with E-state index in [2.05, 4.69) is 4.74 Å². The van der Waals surface area contributed by atoms with Crippen molar-refractivity contribution in [2.24, 2.45) is 0 Å². The number of methoxy groups -OCH3 is 1. The molecule has 0 bridgehead atoms. The minimum Gasteiger partial charge on any atom is -0.394 e. The summed E-state index contributed by atoms with van der Waals surface area (Å²) in [6.45, 7) is 1.66. The maximum Gasteiger partial charge on any atom is 0.0967 e. The van der Waals surface area contributed by atoms with Gasteiger partial charge in [-0.1, -0.05) is 0 Å². The Hall–Kier alpha value is 0.460. The average molecular weight is 205 g/mol. The smallest absolute Gasteiger partial charge is 0.0967 e. The number of rotatable bonds is 5. The summed E-state index contributed by atoms with van der Waals surface area (Å²) in [5, 5.41) is 8.39. The second kappa shape index (κ2) is 16.8. The lowest BCUT2D eigenvalue weighted by Gasteiger charge is -1.98. The van der Waals surface area contributed by atoms with Gasteiger partial charge in [0.25, 0.3) is 0 Å². The first kappa shape index (κ1) is 14.0. The van der Waals surface area contributed by atoms with Crippen LogP contribution in [0, 0.1) is 0 Å². The SMILES string of the molecule is COCCOCCO.ClCCl. The van der Waals surface area contributed by atoms with Crippen molar-refractivity contribution in [1.29, 1.82) is 0 Å².